The van der Waals surface area contributed by atoms with Crippen LogP contribution in [0.15, 0.2) is 30.1 Å². The van der Waals surface area contributed by atoms with Gasteiger partial charge in [0.05, 0.1) is 4.92 Å². The van der Waals surface area contributed by atoms with Gasteiger partial charge in [-0.3, -0.25) is 10.1 Å². The van der Waals surface area contributed by atoms with Crippen molar-refractivity contribution in [2.75, 3.05) is 0 Å². The summed E-state index contributed by atoms with van der Waals surface area (Å²) in [7, 11) is 2.44. The zero-order chi connectivity index (χ0) is 11.0. The Kier molecular flexibility index (Phi) is 6.59. The largest absolute Gasteiger partial charge is 0.269 e. The molecule has 0 bridgehead atoms. The SMILES string of the molecule is CC.O=[N+]([O-])c1ccc(/C=C/P)cc1. The van der Waals surface area contributed by atoms with Gasteiger partial charge in [0, 0.05) is 12.1 Å². The minimum atomic E-state index is -0.409. The Balaban J connectivity index is 0.000000791. The lowest BCUT2D eigenvalue weighted by atomic mass is 10.2. The van der Waals surface area contributed by atoms with E-state index in [1.54, 1.807) is 17.9 Å². The van der Waals surface area contributed by atoms with Gasteiger partial charge in [0.15, 0.2) is 0 Å². The van der Waals surface area contributed by atoms with Gasteiger partial charge < -0.3 is 0 Å². The maximum Gasteiger partial charge on any atom is 0.269 e. The number of benzene rings is 1. The molecule has 0 radical (unpaired) electrons. The number of rotatable bonds is 2. The maximum absolute atomic E-state index is 10.3. The number of non-ortho nitro benzene ring substituents is 1. The van der Waals surface area contributed by atoms with Crippen LogP contribution in [0.1, 0.15) is 19.4 Å². The van der Waals surface area contributed by atoms with E-state index in [-0.39, 0.29) is 5.69 Å². The predicted octanol–water partition coefficient (Wildman–Crippen LogP) is 3.47. The molecule has 0 spiro atoms. The highest BCUT2D eigenvalue weighted by atomic mass is 31.0. The Labute approximate surface area is 86.2 Å². The molecule has 14 heavy (non-hydrogen) atoms. The molecule has 1 aromatic rings. The lowest BCUT2D eigenvalue weighted by Gasteiger charge is -1.91. The van der Waals surface area contributed by atoms with Gasteiger partial charge in [0.2, 0.25) is 0 Å². The molecule has 1 rings (SSSR count). The molecule has 3 nitrogen and oxygen atoms in total. The molecule has 0 aromatic heterocycles. The molecule has 4 heteroatoms. The summed E-state index contributed by atoms with van der Waals surface area (Å²) in [6.07, 6.45) is 1.86. The van der Waals surface area contributed by atoms with Gasteiger partial charge in [-0.1, -0.05) is 25.7 Å². The topological polar surface area (TPSA) is 43.1 Å². The summed E-state index contributed by atoms with van der Waals surface area (Å²) in [6, 6.07) is 6.39. The molecule has 76 valence electrons. The molecule has 0 aliphatic rings. The van der Waals surface area contributed by atoms with Crippen molar-refractivity contribution in [3.8, 4) is 0 Å². The van der Waals surface area contributed by atoms with Crippen molar-refractivity contribution in [2.45, 2.75) is 13.8 Å². The fraction of sp³-hybridized carbons (Fsp3) is 0.200. The molecule has 0 aliphatic heterocycles. The van der Waals surface area contributed by atoms with Crippen LogP contribution in [0.5, 0.6) is 0 Å². The average Bonchev–Trinajstić information content (AvgIpc) is 2.22. The van der Waals surface area contributed by atoms with E-state index in [0.717, 1.165) is 5.56 Å². The van der Waals surface area contributed by atoms with E-state index in [0.29, 0.717) is 0 Å². The maximum atomic E-state index is 10.3. The van der Waals surface area contributed by atoms with Crippen molar-refractivity contribution in [3.05, 3.63) is 45.8 Å². The standard InChI is InChI=1S/C8H8NO2P.C2H6/c10-9(11)8-3-1-7(2-4-8)5-6-12;1-2/h1-6H,12H2;1-2H3/b6-5+;. The lowest BCUT2D eigenvalue weighted by molar-refractivity contribution is -0.384. The molecular formula is C10H14NO2P. The molecule has 0 aliphatic carbocycles. The first-order valence-electron chi connectivity index (χ1n) is 4.37. The third kappa shape index (κ3) is 4.15. The Morgan fingerprint density at radius 1 is 1.29 bits per heavy atom. The monoisotopic (exact) mass is 211 g/mol. The second-order valence-electron chi connectivity index (χ2n) is 2.21. The normalized spacial score (nSPS) is 9.36. The Hall–Kier alpha value is -1.21. The Morgan fingerprint density at radius 3 is 2.14 bits per heavy atom. The summed E-state index contributed by atoms with van der Waals surface area (Å²) in [6.45, 7) is 4.00. The van der Waals surface area contributed by atoms with Gasteiger partial charge in [-0.25, -0.2) is 0 Å². The van der Waals surface area contributed by atoms with Crippen LogP contribution >= 0.6 is 9.24 Å². The van der Waals surface area contributed by atoms with Crippen LogP contribution in [0.3, 0.4) is 0 Å². The average molecular weight is 211 g/mol. The van der Waals surface area contributed by atoms with Crippen LogP contribution in [0.2, 0.25) is 0 Å². The van der Waals surface area contributed by atoms with Crippen LogP contribution in [0, 0.1) is 10.1 Å². The highest BCUT2D eigenvalue weighted by Crippen LogP contribution is 2.12. The van der Waals surface area contributed by atoms with Crippen molar-refractivity contribution in [2.24, 2.45) is 0 Å². The van der Waals surface area contributed by atoms with E-state index < -0.39 is 4.92 Å². The zero-order valence-electron chi connectivity index (χ0n) is 8.31. The second-order valence-corrected chi connectivity index (χ2v) is 2.59. The molecule has 0 heterocycles. The summed E-state index contributed by atoms with van der Waals surface area (Å²) in [5, 5.41) is 10.3. The van der Waals surface area contributed by atoms with E-state index in [4.69, 9.17) is 0 Å². The van der Waals surface area contributed by atoms with Crippen molar-refractivity contribution in [3.63, 3.8) is 0 Å². The first kappa shape index (κ1) is 12.8. The fourth-order valence-electron chi connectivity index (χ4n) is 0.818. The summed E-state index contributed by atoms with van der Waals surface area (Å²) < 4.78 is 0. The van der Waals surface area contributed by atoms with E-state index in [2.05, 4.69) is 9.24 Å². The van der Waals surface area contributed by atoms with Crippen LogP contribution < -0.4 is 0 Å². The third-order valence-electron chi connectivity index (χ3n) is 1.39. The lowest BCUT2D eigenvalue weighted by Crippen LogP contribution is -1.86. The first-order valence-corrected chi connectivity index (χ1v) is 5.03. The number of hydrogen-bond acceptors (Lipinski definition) is 2. The molecular weight excluding hydrogens is 197 g/mol. The van der Waals surface area contributed by atoms with Crippen LogP contribution in [0.25, 0.3) is 6.08 Å². The summed E-state index contributed by atoms with van der Waals surface area (Å²) in [5.41, 5.74) is 1.08. The predicted molar refractivity (Wildman–Crippen MR) is 63.2 cm³/mol. The summed E-state index contributed by atoms with van der Waals surface area (Å²) in [5.74, 6) is 1.81. The number of nitro groups is 1. The van der Waals surface area contributed by atoms with E-state index in [1.165, 1.54) is 12.1 Å². The molecule has 1 atom stereocenters. The minimum Gasteiger partial charge on any atom is -0.258 e. The van der Waals surface area contributed by atoms with E-state index in [9.17, 15) is 10.1 Å². The van der Waals surface area contributed by atoms with Crippen molar-refractivity contribution in [1.82, 2.24) is 0 Å². The van der Waals surface area contributed by atoms with Crippen LogP contribution in [0.4, 0.5) is 5.69 Å². The summed E-state index contributed by atoms with van der Waals surface area (Å²) in [4.78, 5) is 9.84. The number of nitrogens with zero attached hydrogens (tertiary/aromatic N) is 1. The minimum absolute atomic E-state index is 0.121. The Bertz CT molecular complexity index is 306. The van der Waals surface area contributed by atoms with Gasteiger partial charge in [-0.2, -0.15) is 0 Å². The second kappa shape index (κ2) is 7.22. The van der Waals surface area contributed by atoms with Crippen molar-refractivity contribution < 1.29 is 4.92 Å². The van der Waals surface area contributed by atoms with Crippen LogP contribution in [-0.4, -0.2) is 4.92 Å². The third-order valence-corrected chi connectivity index (χ3v) is 1.59. The zero-order valence-corrected chi connectivity index (χ0v) is 9.46. The molecule has 0 fully saturated rings. The van der Waals surface area contributed by atoms with Crippen molar-refractivity contribution in [1.29, 1.82) is 0 Å². The quantitative estimate of drug-likeness (QED) is 0.427. The van der Waals surface area contributed by atoms with E-state index in [1.807, 2.05) is 19.9 Å². The van der Waals surface area contributed by atoms with Gasteiger partial charge in [-0.05, 0) is 17.7 Å². The van der Waals surface area contributed by atoms with Gasteiger partial charge in [0.25, 0.3) is 5.69 Å². The molecule has 0 saturated heterocycles. The molecule has 0 N–H and O–H groups in total. The molecule has 0 amide bonds. The molecule has 0 saturated carbocycles. The molecule has 1 unspecified atom stereocenters. The van der Waals surface area contributed by atoms with Crippen LogP contribution in [-0.2, 0) is 0 Å². The highest BCUT2D eigenvalue weighted by Gasteiger charge is 2.01. The highest BCUT2D eigenvalue weighted by molar-refractivity contribution is 7.21. The number of nitro benzene ring substituents is 1. The Morgan fingerprint density at radius 2 is 1.79 bits per heavy atom. The smallest absolute Gasteiger partial charge is 0.258 e. The van der Waals surface area contributed by atoms with Gasteiger partial charge in [0.1, 0.15) is 0 Å². The fourth-order valence-corrected chi connectivity index (χ4v) is 1.04. The van der Waals surface area contributed by atoms with Gasteiger partial charge in [-0.15, -0.1) is 9.24 Å². The number of hydrogen-bond donors (Lipinski definition) is 0. The van der Waals surface area contributed by atoms with E-state index >= 15 is 0 Å². The van der Waals surface area contributed by atoms with Crippen molar-refractivity contribution >= 4 is 21.0 Å². The molecule has 1 aromatic carbocycles. The first-order chi connectivity index (χ1) is 6.74. The summed E-state index contributed by atoms with van der Waals surface area (Å²) >= 11 is 0. The van der Waals surface area contributed by atoms with Gasteiger partial charge >= 0.3 is 0 Å².